The number of amides is 1. The zero-order chi connectivity index (χ0) is 19.2. The van der Waals surface area contributed by atoms with Gasteiger partial charge in [-0.05, 0) is 56.0 Å². The van der Waals surface area contributed by atoms with Crippen LogP contribution in [0.25, 0.3) is 6.08 Å². The number of anilines is 1. The standard InChI is InChI=1S/C19H22N2O3S2/c1-14(2)21-26(23,24)16-11-8-15(9-12-16)10-13-19(22)20-17-6-4-5-7-18(17)25-3/h4-14,21H,1-3H3,(H,20,22)/b13-10+. The molecule has 0 fully saturated rings. The number of hydrogen-bond acceptors (Lipinski definition) is 4. The van der Waals surface area contributed by atoms with E-state index in [1.807, 2.05) is 30.5 Å². The summed E-state index contributed by atoms with van der Waals surface area (Å²) in [4.78, 5) is 13.3. The molecule has 2 rings (SSSR count). The molecule has 0 saturated carbocycles. The first kappa shape index (κ1) is 20.2. The number of benzene rings is 2. The maximum absolute atomic E-state index is 12.1. The van der Waals surface area contributed by atoms with Gasteiger partial charge in [-0.3, -0.25) is 4.79 Å². The molecule has 0 aromatic heterocycles. The third-order valence-electron chi connectivity index (χ3n) is 3.37. The highest BCUT2D eigenvalue weighted by Crippen LogP contribution is 2.24. The lowest BCUT2D eigenvalue weighted by molar-refractivity contribution is -0.111. The van der Waals surface area contributed by atoms with Crippen LogP contribution in [-0.4, -0.2) is 26.6 Å². The highest BCUT2D eigenvalue weighted by Gasteiger charge is 2.14. The maximum Gasteiger partial charge on any atom is 0.248 e. The molecule has 0 aliphatic heterocycles. The summed E-state index contributed by atoms with van der Waals surface area (Å²) in [7, 11) is -3.51. The monoisotopic (exact) mass is 390 g/mol. The molecule has 1 amide bonds. The SMILES string of the molecule is CSc1ccccc1NC(=O)/C=C/c1ccc(S(=O)(=O)NC(C)C)cc1. The van der Waals surface area contributed by atoms with Crippen molar-refractivity contribution in [3.63, 3.8) is 0 Å². The van der Waals surface area contributed by atoms with E-state index in [1.165, 1.54) is 18.2 Å². The van der Waals surface area contributed by atoms with Gasteiger partial charge >= 0.3 is 0 Å². The van der Waals surface area contributed by atoms with E-state index in [0.29, 0.717) is 0 Å². The molecule has 0 heterocycles. The second-order valence-electron chi connectivity index (χ2n) is 5.87. The molecule has 0 radical (unpaired) electrons. The quantitative estimate of drug-likeness (QED) is 0.558. The van der Waals surface area contributed by atoms with Crippen LogP contribution in [0.1, 0.15) is 19.4 Å². The third kappa shape index (κ3) is 5.72. The highest BCUT2D eigenvalue weighted by atomic mass is 32.2. The van der Waals surface area contributed by atoms with E-state index in [9.17, 15) is 13.2 Å². The second-order valence-corrected chi connectivity index (χ2v) is 8.43. The molecular weight excluding hydrogens is 368 g/mol. The van der Waals surface area contributed by atoms with E-state index in [4.69, 9.17) is 0 Å². The van der Waals surface area contributed by atoms with Crippen molar-refractivity contribution in [2.75, 3.05) is 11.6 Å². The number of sulfonamides is 1. The fraction of sp³-hybridized carbons (Fsp3) is 0.211. The fourth-order valence-corrected chi connectivity index (χ4v) is 4.04. The first-order chi connectivity index (χ1) is 12.3. The highest BCUT2D eigenvalue weighted by molar-refractivity contribution is 7.98. The van der Waals surface area contributed by atoms with Gasteiger partial charge in [0, 0.05) is 17.0 Å². The Labute approximate surface area is 158 Å². The molecule has 5 nitrogen and oxygen atoms in total. The molecule has 138 valence electrons. The lowest BCUT2D eigenvalue weighted by atomic mass is 10.2. The van der Waals surface area contributed by atoms with Crippen LogP contribution in [-0.2, 0) is 14.8 Å². The molecule has 2 aromatic rings. The van der Waals surface area contributed by atoms with Gasteiger partial charge < -0.3 is 5.32 Å². The normalized spacial score (nSPS) is 11.8. The van der Waals surface area contributed by atoms with E-state index < -0.39 is 10.0 Å². The number of para-hydroxylation sites is 1. The number of carbonyl (C=O) groups is 1. The molecule has 2 aromatic carbocycles. The molecule has 26 heavy (non-hydrogen) atoms. The molecular formula is C19H22N2O3S2. The number of thioether (sulfide) groups is 1. The average Bonchev–Trinajstić information content (AvgIpc) is 2.60. The first-order valence-corrected chi connectivity index (χ1v) is 10.8. The molecule has 2 N–H and O–H groups in total. The minimum absolute atomic E-state index is 0.174. The predicted molar refractivity (Wildman–Crippen MR) is 108 cm³/mol. The Bertz CT molecular complexity index is 889. The fourth-order valence-electron chi connectivity index (χ4n) is 2.23. The molecule has 0 saturated heterocycles. The van der Waals surface area contributed by atoms with E-state index in [0.717, 1.165) is 16.1 Å². The first-order valence-electron chi connectivity index (χ1n) is 8.06. The van der Waals surface area contributed by atoms with Crippen LogP contribution in [0.4, 0.5) is 5.69 Å². The molecule has 0 spiro atoms. The summed E-state index contributed by atoms with van der Waals surface area (Å²) in [6.07, 6.45) is 5.01. The molecule has 0 bridgehead atoms. The minimum atomic E-state index is -3.51. The maximum atomic E-state index is 12.1. The minimum Gasteiger partial charge on any atom is -0.321 e. The van der Waals surface area contributed by atoms with E-state index in [-0.39, 0.29) is 16.8 Å². The van der Waals surface area contributed by atoms with Crippen molar-refractivity contribution >= 4 is 39.5 Å². The van der Waals surface area contributed by atoms with Crippen LogP contribution in [0.5, 0.6) is 0 Å². The predicted octanol–water partition coefficient (Wildman–Crippen LogP) is 3.75. The third-order valence-corrected chi connectivity index (χ3v) is 5.84. The van der Waals surface area contributed by atoms with Gasteiger partial charge in [-0.2, -0.15) is 0 Å². The topological polar surface area (TPSA) is 75.3 Å². The van der Waals surface area contributed by atoms with Gasteiger partial charge in [-0.15, -0.1) is 11.8 Å². The van der Waals surface area contributed by atoms with E-state index >= 15 is 0 Å². The van der Waals surface area contributed by atoms with Gasteiger partial charge in [0.2, 0.25) is 15.9 Å². The van der Waals surface area contributed by atoms with Crippen LogP contribution in [0.3, 0.4) is 0 Å². The van der Waals surface area contributed by atoms with Gasteiger partial charge in [-0.25, -0.2) is 13.1 Å². The van der Waals surface area contributed by atoms with Crippen molar-refractivity contribution in [3.8, 4) is 0 Å². The number of nitrogens with one attached hydrogen (secondary N) is 2. The van der Waals surface area contributed by atoms with E-state index in [1.54, 1.807) is 43.8 Å². The summed E-state index contributed by atoms with van der Waals surface area (Å²) in [5.41, 5.74) is 1.50. The summed E-state index contributed by atoms with van der Waals surface area (Å²) in [5, 5.41) is 2.84. The lowest BCUT2D eigenvalue weighted by Gasteiger charge is -2.09. The Balaban J connectivity index is 2.05. The Morgan fingerprint density at radius 2 is 1.73 bits per heavy atom. The smallest absolute Gasteiger partial charge is 0.248 e. The largest absolute Gasteiger partial charge is 0.321 e. The summed E-state index contributed by atoms with van der Waals surface area (Å²) in [6, 6.07) is 13.8. The summed E-state index contributed by atoms with van der Waals surface area (Å²) >= 11 is 1.56. The Hall–Kier alpha value is -2.09. The Morgan fingerprint density at radius 1 is 1.08 bits per heavy atom. The summed E-state index contributed by atoms with van der Waals surface area (Å²) < 4.78 is 26.7. The number of carbonyl (C=O) groups excluding carboxylic acids is 1. The van der Waals surface area contributed by atoms with Crippen molar-refractivity contribution in [1.82, 2.24) is 4.72 Å². The van der Waals surface area contributed by atoms with Crippen LogP contribution in [0.2, 0.25) is 0 Å². The number of rotatable bonds is 7. The van der Waals surface area contributed by atoms with Gasteiger partial charge in [0.25, 0.3) is 0 Å². The van der Waals surface area contributed by atoms with Crippen molar-refractivity contribution in [2.45, 2.75) is 29.7 Å². The van der Waals surface area contributed by atoms with Crippen LogP contribution >= 0.6 is 11.8 Å². The zero-order valence-corrected chi connectivity index (χ0v) is 16.5. The van der Waals surface area contributed by atoms with Crippen molar-refractivity contribution < 1.29 is 13.2 Å². The molecule has 0 atom stereocenters. The molecule has 0 aliphatic carbocycles. The number of hydrogen-bond donors (Lipinski definition) is 2. The van der Waals surface area contributed by atoms with Crippen molar-refractivity contribution in [2.24, 2.45) is 0 Å². The Kier molecular flexibility index (Phi) is 7.02. The van der Waals surface area contributed by atoms with Gasteiger partial charge in [-0.1, -0.05) is 24.3 Å². The summed E-state index contributed by atoms with van der Waals surface area (Å²) in [6.45, 7) is 3.53. The van der Waals surface area contributed by atoms with Crippen LogP contribution in [0.15, 0.2) is 64.4 Å². The van der Waals surface area contributed by atoms with Gasteiger partial charge in [0.1, 0.15) is 0 Å². The second kappa shape index (κ2) is 9.02. The van der Waals surface area contributed by atoms with Gasteiger partial charge in [0.15, 0.2) is 0 Å². The van der Waals surface area contributed by atoms with Gasteiger partial charge in [0.05, 0.1) is 10.6 Å². The molecule has 0 unspecified atom stereocenters. The Morgan fingerprint density at radius 3 is 2.35 bits per heavy atom. The van der Waals surface area contributed by atoms with E-state index in [2.05, 4.69) is 10.0 Å². The summed E-state index contributed by atoms with van der Waals surface area (Å²) in [5.74, 6) is -0.246. The molecule has 0 aliphatic rings. The average molecular weight is 391 g/mol. The lowest BCUT2D eigenvalue weighted by Crippen LogP contribution is -2.30. The van der Waals surface area contributed by atoms with Crippen LogP contribution in [0, 0.1) is 0 Å². The van der Waals surface area contributed by atoms with Crippen molar-refractivity contribution in [1.29, 1.82) is 0 Å². The zero-order valence-electron chi connectivity index (χ0n) is 14.9. The van der Waals surface area contributed by atoms with Crippen LogP contribution < -0.4 is 10.0 Å². The molecule has 7 heteroatoms. The van der Waals surface area contributed by atoms with Crippen molar-refractivity contribution in [3.05, 3.63) is 60.2 Å².